The maximum absolute atomic E-state index is 5.01. The van der Waals surface area contributed by atoms with Crippen LogP contribution in [0.25, 0.3) is 0 Å². The molecule has 1 heteroatoms. The van der Waals surface area contributed by atoms with Gasteiger partial charge >= 0.3 is 0 Å². The highest BCUT2D eigenvalue weighted by Gasteiger charge is 2.36. The molecule has 0 aromatic rings. The highest BCUT2D eigenvalue weighted by molar-refractivity contribution is 6.11. The van der Waals surface area contributed by atoms with Crippen LogP contribution in [0.1, 0.15) is 53.9 Å². The molecule has 0 bridgehead atoms. The summed E-state index contributed by atoms with van der Waals surface area (Å²) in [4.78, 5) is 5.01. The first-order valence-corrected chi connectivity index (χ1v) is 9.19. The molecule has 0 saturated carbocycles. The van der Waals surface area contributed by atoms with Gasteiger partial charge in [-0.1, -0.05) is 70.6 Å². The lowest BCUT2D eigenvalue weighted by molar-refractivity contribution is 0.267. The van der Waals surface area contributed by atoms with E-state index in [1.54, 1.807) is 11.1 Å². The largest absolute Gasteiger partial charge is 0.277 e. The molecule has 23 heavy (non-hydrogen) atoms. The van der Waals surface area contributed by atoms with Crippen LogP contribution in [0, 0.1) is 23.2 Å². The smallest absolute Gasteiger partial charge is 0.0794 e. The molecular weight excluding hydrogens is 278 g/mol. The Balaban J connectivity index is 2.06. The van der Waals surface area contributed by atoms with Crippen LogP contribution >= 0.6 is 0 Å². The minimum Gasteiger partial charge on any atom is -0.277 e. The quantitative estimate of drug-likeness (QED) is 0.615. The Morgan fingerprint density at radius 1 is 1.17 bits per heavy atom. The Morgan fingerprint density at radius 3 is 2.61 bits per heavy atom. The number of hydrogen-bond donors (Lipinski definition) is 0. The van der Waals surface area contributed by atoms with Gasteiger partial charge in [0.1, 0.15) is 0 Å². The molecule has 0 N–H and O–H groups in total. The van der Waals surface area contributed by atoms with Crippen molar-refractivity contribution in [2.75, 3.05) is 0 Å². The molecule has 0 aromatic carbocycles. The molecule has 1 aliphatic heterocycles. The normalized spacial score (nSPS) is 27.8. The molecule has 3 aliphatic rings. The number of fused-ring (bicyclic) bond motifs is 3. The van der Waals surface area contributed by atoms with E-state index < -0.39 is 0 Å². The molecule has 124 valence electrons. The third kappa shape index (κ3) is 3.44. The highest BCUT2D eigenvalue weighted by atomic mass is 14.9. The minimum atomic E-state index is 0.324. The average molecular weight is 309 g/mol. The topological polar surface area (TPSA) is 12.4 Å². The van der Waals surface area contributed by atoms with Crippen LogP contribution in [0.15, 0.2) is 52.6 Å². The monoisotopic (exact) mass is 309 g/mol. The van der Waals surface area contributed by atoms with Crippen LogP contribution in [0.5, 0.6) is 0 Å². The van der Waals surface area contributed by atoms with Gasteiger partial charge in [0.2, 0.25) is 0 Å². The number of aliphatic imine (C=N–C) groups is 1. The molecule has 0 fully saturated rings. The lowest BCUT2D eigenvalue weighted by Crippen LogP contribution is -2.24. The standard InChI is InChI=1S/C22H31N/c1-15(2)18(14-22(3,4)5)16-10-6-9-13-20-21(16)17-11-7-8-12-19(17)23-20/h7-9,11-13,15,17-19H,6,10,14H2,1-5H3. The second-order valence-corrected chi connectivity index (χ2v) is 8.80. The zero-order valence-electron chi connectivity index (χ0n) is 15.3. The highest BCUT2D eigenvalue weighted by Crippen LogP contribution is 2.43. The van der Waals surface area contributed by atoms with Crippen molar-refractivity contribution in [2.45, 2.75) is 59.9 Å². The van der Waals surface area contributed by atoms with Crippen molar-refractivity contribution in [3.8, 4) is 0 Å². The van der Waals surface area contributed by atoms with Crippen LogP contribution in [0.2, 0.25) is 0 Å². The summed E-state index contributed by atoms with van der Waals surface area (Å²) in [6.45, 7) is 11.9. The van der Waals surface area contributed by atoms with Crippen LogP contribution in [0.4, 0.5) is 0 Å². The van der Waals surface area contributed by atoms with Crippen molar-refractivity contribution in [1.82, 2.24) is 0 Å². The van der Waals surface area contributed by atoms with Crippen molar-refractivity contribution in [3.63, 3.8) is 0 Å². The van der Waals surface area contributed by atoms with Gasteiger partial charge in [-0.2, -0.15) is 0 Å². The molecule has 0 saturated heterocycles. The summed E-state index contributed by atoms with van der Waals surface area (Å²) in [7, 11) is 0. The van der Waals surface area contributed by atoms with Gasteiger partial charge in [0.25, 0.3) is 0 Å². The maximum Gasteiger partial charge on any atom is 0.0794 e. The molecule has 3 atom stereocenters. The first-order chi connectivity index (χ1) is 10.9. The molecule has 0 aromatic heterocycles. The Labute approximate surface area is 142 Å². The summed E-state index contributed by atoms with van der Waals surface area (Å²) >= 11 is 0. The Hall–Kier alpha value is -1.37. The lowest BCUT2D eigenvalue weighted by Gasteiger charge is -2.33. The molecule has 3 rings (SSSR count). The second kappa shape index (κ2) is 6.26. The SMILES string of the molecule is CC(C)C(CC(C)(C)C)C1=C2C(=NC3C=CC=CC23)C=CCC1. The van der Waals surface area contributed by atoms with Crippen molar-refractivity contribution in [2.24, 2.45) is 28.2 Å². The van der Waals surface area contributed by atoms with Crippen LogP contribution in [0.3, 0.4) is 0 Å². The fourth-order valence-corrected chi connectivity index (χ4v) is 4.27. The van der Waals surface area contributed by atoms with E-state index in [0.29, 0.717) is 29.2 Å². The lowest BCUT2D eigenvalue weighted by atomic mass is 9.71. The molecule has 0 radical (unpaired) electrons. The van der Waals surface area contributed by atoms with Crippen molar-refractivity contribution in [3.05, 3.63) is 47.6 Å². The fourth-order valence-electron chi connectivity index (χ4n) is 4.27. The van der Waals surface area contributed by atoms with E-state index in [9.17, 15) is 0 Å². The van der Waals surface area contributed by atoms with E-state index >= 15 is 0 Å². The van der Waals surface area contributed by atoms with Gasteiger partial charge in [-0.25, -0.2) is 0 Å². The van der Waals surface area contributed by atoms with Crippen molar-refractivity contribution < 1.29 is 0 Å². The molecular formula is C22H31N. The number of rotatable bonds is 3. The maximum atomic E-state index is 5.01. The molecule has 1 nitrogen and oxygen atoms in total. The van der Waals surface area contributed by atoms with Crippen LogP contribution < -0.4 is 0 Å². The summed E-state index contributed by atoms with van der Waals surface area (Å²) in [5, 5.41) is 0. The second-order valence-electron chi connectivity index (χ2n) is 8.80. The minimum absolute atomic E-state index is 0.324. The predicted molar refractivity (Wildman–Crippen MR) is 101 cm³/mol. The zero-order valence-corrected chi connectivity index (χ0v) is 15.3. The molecule has 2 aliphatic carbocycles. The third-order valence-corrected chi connectivity index (χ3v) is 5.29. The van der Waals surface area contributed by atoms with E-state index in [1.165, 1.54) is 18.6 Å². The van der Waals surface area contributed by atoms with Crippen molar-refractivity contribution in [1.29, 1.82) is 0 Å². The Morgan fingerprint density at radius 2 is 1.91 bits per heavy atom. The number of nitrogens with zero attached hydrogens (tertiary/aromatic N) is 1. The van der Waals surface area contributed by atoms with E-state index in [-0.39, 0.29) is 0 Å². The first kappa shape index (κ1) is 16.5. The number of hydrogen-bond acceptors (Lipinski definition) is 1. The van der Waals surface area contributed by atoms with Gasteiger partial charge in [0.15, 0.2) is 0 Å². The van der Waals surface area contributed by atoms with E-state index in [1.807, 2.05) is 0 Å². The Kier molecular flexibility index (Phi) is 4.49. The van der Waals surface area contributed by atoms with Gasteiger partial charge in [-0.15, -0.1) is 0 Å². The summed E-state index contributed by atoms with van der Waals surface area (Å²) in [5.41, 5.74) is 4.85. The number of allylic oxidation sites excluding steroid dienone is 5. The molecule has 0 amide bonds. The van der Waals surface area contributed by atoms with E-state index in [4.69, 9.17) is 4.99 Å². The van der Waals surface area contributed by atoms with E-state index in [0.717, 1.165) is 6.42 Å². The average Bonchev–Trinajstić information content (AvgIpc) is 2.70. The van der Waals surface area contributed by atoms with Gasteiger partial charge in [0, 0.05) is 5.92 Å². The third-order valence-electron chi connectivity index (χ3n) is 5.29. The zero-order chi connectivity index (χ0) is 16.6. The van der Waals surface area contributed by atoms with Crippen LogP contribution in [-0.2, 0) is 0 Å². The van der Waals surface area contributed by atoms with Gasteiger partial charge in [-0.05, 0) is 48.2 Å². The molecule has 3 unspecified atom stereocenters. The summed E-state index contributed by atoms with van der Waals surface area (Å²) < 4.78 is 0. The predicted octanol–water partition coefficient (Wildman–Crippen LogP) is 5.91. The first-order valence-electron chi connectivity index (χ1n) is 9.19. The summed E-state index contributed by atoms with van der Waals surface area (Å²) in [5.74, 6) is 1.81. The molecule has 0 spiro atoms. The van der Waals surface area contributed by atoms with Gasteiger partial charge < -0.3 is 0 Å². The Bertz CT molecular complexity index is 604. The summed E-state index contributed by atoms with van der Waals surface area (Å²) in [6, 6.07) is 0.324. The van der Waals surface area contributed by atoms with Crippen LogP contribution in [-0.4, -0.2) is 11.8 Å². The van der Waals surface area contributed by atoms with Gasteiger partial charge in [-0.3, -0.25) is 4.99 Å². The van der Waals surface area contributed by atoms with Gasteiger partial charge in [0.05, 0.1) is 11.8 Å². The molecule has 1 heterocycles. The summed E-state index contributed by atoms with van der Waals surface area (Å²) in [6.07, 6.45) is 17.2. The van der Waals surface area contributed by atoms with Crippen molar-refractivity contribution >= 4 is 5.71 Å². The fraction of sp³-hybridized carbons (Fsp3) is 0.591. The van der Waals surface area contributed by atoms with E-state index in [2.05, 4.69) is 71.1 Å².